The molecule has 11 heteroatoms. The molecule has 4 fully saturated rings. The Bertz CT molecular complexity index is 1850. The highest BCUT2D eigenvalue weighted by Crippen LogP contribution is 2.76. The van der Waals surface area contributed by atoms with Gasteiger partial charge in [0.1, 0.15) is 6.10 Å². The van der Waals surface area contributed by atoms with E-state index in [0.29, 0.717) is 35.7 Å². The summed E-state index contributed by atoms with van der Waals surface area (Å²) in [4.78, 5) is 47.7. The number of methoxy groups -OCH3 is 1. The molecule has 11 nitrogen and oxygen atoms in total. The van der Waals surface area contributed by atoms with Gasteiger partial charge in [0.2, 0.25) is 11.7 Å². The lowest BCUT2D eigenvalue weighted by Gasteiger charge is -2.72. The second kappa shape index (κ2) is 12.4. The first-order valence-electron chi connectivity index (χ1n) is 19.7. The SMILES string of the molecule is COc1cnc(-c2nnc([C@@]34CC[C@]5(C)[C@H](CC[C@@H]6[C@@]7(C)CC[C@H](OC(=O)CC(C)(C)C(=O)O)C(C)(C)[C@@H]7CC[C@]65C)C3=C(C(C)C)C(=O)C4)o2)nc1. The van der Waals surface area contributed by atoms with Crippen LogP contribution >= 0.6 is 0 Å². The molecule has 0 spiro atoms. The number of ether oxygens (including phenoxy) is 2. The lowest BCUT2D eigenvalue weighted by molar-refractivity contribution is -0.232. The highest BCUT2D eigenvalue weighted by atomic mass is 16.5. The first-order valence-corrected chi connectivity index (χ1v) is 19.7. The maximum absolute atomic E-state index is 14.1. The largest absolute Gasteiger partial charge is 0.494 e. The molecule has 7 rings (SSSR count). The normalized spacial score (nSPS) is 36.3. The Morgan fingerprint density at radius 2 is 1.64 bits per heavy atom. The summed E-state index contributed by atoms with van der Waals surface area (Å²) >= 11 is 0. The molecule has 53 heavy (non-hydrogen) atoms. The number of carbonyl (C=O) groups excluding carboxylic acids is 2. The Kier molecular flexibility index (Phi) is 8.85. The molecule has 0 radical (unpaired) electrons. The number of nitrogens with zero attached hydrogens (tertiary/aromatic N) is 4. The van der Waals surface area contributed by atoms with Crippen molar-refractivity contribution < 1.29 is 33.4 Å². The Balaban J connectivity index is 1.20. The number of aliphatic carboxylic acids is 1. The predicted molar refractivity (Wildman–Crippen MR) is 196 cm³/mol. The van der Waals surface area contributed by atoms with Crippen molar-refractivity contribution in [1.82, 2.24) is 20.2 Å². The molecule has 2 aromatic rings. The molecule has 8 atom stereocenters. The van der Waals surface area contributed by atoms with Gasteiger partial charge in [-0.15, -0.1) is 10.2 Å². The van der Waals surface area contributed by atoms with Crippen LogP contribution in [0.5, 0.6) is 5.75 Å². The second-order valence-corrected chi connectivity index (χ2v) is 19.3. The average molecular weight is 731 g/mol. The fraction of sp³-hybridized carbons (Fsp3) is 0.738. The van der Waals surface area contributed by atoms with E-state index in [4.69, 9.17) is 13.9 Å². The van der Waals surface area contributed by atoms with Gasteiger partial charge < -0.3 is 19.0 Å². The van der Waals surface area contributed by atoms with Crippen LogP contribution in [0.15, 0.2) is 28.0 Å². The summed E-state index contributed by atoms with van der Waals surface area (Å²) in [5, 5.41) is 18.7. The lowest BCUT2D eigenvalue weighted by atomic mass is 9.33. The zero-order valence-corrected chi connectivity index (χ0v) is 33.3. The summed E-state index contributed by atoms with van der Waals surface area (Å²) in [6.45, 7) is 19.5. The van der Waals surface area contributed by atoms with Gasteiger partial charge >= 0.3 is 11.9 Å². The fourth-order valence-corrected chi connectivity index (χ4v) is 12.7. The van der Waals surface area contributed by atoms with Crippen molar-refractivity contribution in [2.45, 2.75) is 138 Å². The Morgan fingerprint density at radius 1 is 0.943 bits per heavy atom. The van der Waals surface area contributed by atoms with E-state index in [2.05, 4.69) is 68.6 Å². The van der Waals surface area contributed by atoms with Crippen LogP contribution in [-0.2, 0) is 24.5 Å². The van der Waals surface area contributed by atoms with Crippen molar-refractivity contribution in [3.63, 3.8) is 0 Å². The number of aromatic nitrogens is 4. The molecule has 0 amide bonds. The van der Waals surface area contributed by atoms with Gasteiger partial charge in [-0.1, -0.05) is 48.5 Å². The molecule has 0 bridgehead atoms. The first-order chi connectivity index (χ1) is 24.7. The fourth-order valence-electron chi connectivity index (χ4n) is 12.7. The van der Waals surface area contributed by atoms with Gasteiger partial charge in [0.05, 0.1) is 36.8 Å². The summed E-state index contributed by atoms with van der Waals surface area (Å²) in [6, 6.07) is 0. The molecule has 2 heterocycles. The summed E-state index contributed by atoms with van der Waals surface area (Å²) in [5.41, 5.74) is 0.147. The number of hydrogen-bond acceptors (Lipinski definition) is 10. The van der Waals surface area contributed by atoms with E-state index in [9.17, 15) is 19.5 Å². The minimum atomic E-state index is -1.17. The van der Waals surface area contributed by atoms with Crippen LogP contribution in [0.1, 0.15) is 132 Å². The molecule has 0 aromatic carbocycles. The van der Waals surface area contributed by atoms with Crippen LogP contribution in [-0.4, -0.2) is 56.2 Å². The molecule has 0 saturated heterocycles. The zero-order chi connectivity index (χ0) is 38.5. The number of Topliss-reactive ketones (excluding diaryl/α,β-unsaturated/α-hetero) is 1. The van der Waals surface area contributed by atoms with Crippen LogP contribution in [0.25, 0.3) is 11.7 Å². The van der Waals surface area contributed by atoms with Crippen molar-refractivity contribution in [2.24, 2.45) is 50.7 Å². The molecular weight excluding hydrogens is 672 g/mol. The Hall–Kier alpha value is -3.63. The van der Waals surface area contributed by atoms with Crippen molar-refractivity contribution >= 4 is 17.7 Å². The second-order valence-electron chi connectivity index (χ2n) is 19.3. The van der Waals surface area contributed by atoms with Gasteiger partial charge in [0, 0.05) is 11.8 Å². The monoisotopic (exact) mass is 730 g/mol. The molecular formula is C42H58N4O7. The van der Waals surface area contributed by atoms with E-state index in [1.165, 1.54) is 5.57 Å². The van der Waals surface area contributed by atoms with Crippen molar-refractivity contribution in [2.75, 3.05) is 7.11 Å². The molecule has 288 valence electrons. The smallest absolute Gasteiger partial charge is 0.309 e. The molecule has 4 saturated carbocycles. The third-order valence-corrected chi connectivity index (χ3v) is 15.7. The summed E-state index contributed by atoms with van der Waals surface area (Å²) in [7, 11) is 1.57. The summed E-state index contributed by atoms with van der Waals surface area (Å²) in [6.07, 6.45) is 10.7. The third kappa shape index (κ3) is 5.43. The maximum Gasteiger partial charge on any atom is 0.309 e. The van der Waals surface area contributed by atoms with E-state index in [0.717, 1.165) is 56.9 Å². The third-order valence-electron chi connectivity index (χ3n) is 15.7. The number of carbonyl (C=O) groups is 3. The number of carboxylic acids is 1. The maximum atomic E-state index is 14.1. The number of carboxylic acid groups (broad SMARTS) is 1. The van der Waals surface area contributed by atoms with Crippen molar-refractivity contribution in [1.29, 1.82) is 0 Å². The molecule has 1 N–H and O–H groups in total. The molecule has 5 aliphatic carbocycles. The number of fused-ring (bicyclic) bond motifs is 7. The molecule has 0 unspecified atom stereocenters. The highest BCUT2D eigenvalue weighted by molar-refractivity contribution is 6.01. The van der Waals surface area contributed by atoms with Gasteiger partial charge in [-0.05, 0) is 116 Å². The van der Waals surface area contributed by atoms with E-state index in [1.54, 1.807) is 33.4 Å². The van der Waals surface area contributed by atoms with Gasteiger partial charge in [0.25, 0.3) is 5.89 Å². The lowest BCUT2D eigenvalue weighted by Crippen LogP contribution is -2.66. The number of allylic oxidation sites excluding steroid dienone is 2. The van der Waals surface area contributed by atoms with E-state index >= 15 is 0 Å². The average Bonchev–Trinajstić information content (AvgIpc) is 3.70. The zero-order valence-electron chi connectivity index (χ0n) is 33.3. The van der Waals surface area contributed by atoms with Gasteiger partial charge in [0.15, 0.2) is 11.5 Å². The van der Waals surface area contributed by atoms with Crippen LogP contribution < -0.4 is 4.74 Å². The van der Waals surface area contributed by atoms with Crippen LogP contribution in [0.4, 0.5) is 0 Å². The van der Waals surface area contributed by atoms with E-state index < -0.39 is 22.8 Å². The van der Waals surface area contributed by atoms with Crippen LogP contribution in [0.2, 0.25) is 0 Å². The predicted octanol–water partition coefficient (Wildman–Crippen LogP) is 8.18. The van der Waals surface area contributed by atoms with Crippen molar-refractivity contribution in [3.05, 3.63) is 29.4 Å². The van der Waals surface area contributed by atoms with Gasteiger partial charge in [-0.25, -0.2) is 9.97 Å². The number of esters is 1. The first kappa shape index (κ1) is 37.7. The minimum Gasteiger partial charge on any atom is -0.494 e. The Labute approximate surface area is 313 Å². The quantitative estimate of drug-likeness (QED) is 0.262. The van der Waals surface area contributed by atoms with Crippen molar-refractivity contribution in [3.8, 4) is 17.5 Å². The molecule has 5 aliphatic rings. The standard InChI is InChI=1S/C42H58N4O7/c1-23(2)31-26(47)19-42(35-46-45-34(53-35)33-43-21-24(51-10)22-44-33)18-17-40(8)25(32(31)42)11-12-28-39(7)15-14-29(52-30(48)20-37(3,4)36(49)50)38(5,6)27(39)13-16-41(28,40)9/h21-23,25,27-29H,11-20H2,1-10H3,(H,49,50)/t25-,27+,28-,29+,39+,40-,41-,42-/m1/s1. The molecule has 0 aliphatic heterocycles. The highest BCUT2D eigenvalue weighted by Gasteiger charge is 2.71. The molecule has 2 aromatic heterocycles. The topological polar surface area (TPSA) is 155 Å². The Morgan fingerprint density at radius 3 is 2.28 bits per heavy atom. The van der Waals surface area contributed by atoms with Crippen LogP contribution in [0, 0.1) is 50.7 Å². The van der Waals surface area contributed by atoms with Gasteiger partial charge in [-0.2, -0.15) is 0 Å². The number of rotatable bonds is 8. The minimum absolute atomic E-state index is 0.0239. The van der Waals surface area contributed by atoms with E-state index in [1.807, 2.05) is 0 Å². The summed E-state index contributed by atoms with van der Waals surface area (Å²) < 4.78 is 17.8. The van der Waals surface area contributed by atoms with E-state index in [-0.39, 0.29) is 57.7 Å². The van der Waals surface area contributed by atoms with Crippen LogP contribution in [0.3, 0.4) is 0 Å². The summed E-state index contributed by atoms with van der Waals surface area (Å²) in [5.74, 6) is 1.48. The van der Waals surface area contributed by atoms with Gasteiger partial charge in [-0.3, -0.25) is 14.4 Å². The number of ketones is 1. The number of hydrogen-bond donors (Lipinski definition) is 1.